The molecule has 0 bridgehead atoms. The number of halogens is 2. The minimum atomic E-state index is -0.226. The van der Waals surface area contributed by atoms with Gasteiger partial charge in [0.1, 0.15) is 16.8 Å². The Labute approximate surface area is 110 Å². The number of aromatic nitrogens is 1. The van der Waals surface area contributed by atoms with Gasteiger partial charge in [-0.1, -0.05) is 23.7 Å². The Morgan fingerprint density at radius 2 is 1.94 bits per heavy atom. The zero-order chi connectivity index (χ0) is 13.0. The van der Waals surface area contributed by atoms with E-state index in [2.05, 4.69) is 10.3 Å². The molecule has 1 heterocycles. The molecule has 0 amide bonds. The highest BCUT2D eigenvalue weighted by Gasteiger charge is 1.99. The average Bonchev–Trinajstić information content (AvgIpc) is 2.30. The van der Waals surface area contributed by atoms with E-state index in [1.54, 1.807) is 24.3 Å². The molecule has 0 saturated heterocycles. The van der Waals surface area contributed by atoms with Crippen LogP contribution in [0.1, 0.15) is 5.56 Å². The molecule has 1 aromatic heterocycles. The molecule has 3 nitrogen and oxygen atoms in total. The van der Waals surface area contributed by atoms with Crippen LogP contribution in [0, 0.1) is 5.82 Å². The molecule has 0 fully saturated rings. The summed E-state index contributed by atoms with van der Waals surface area (Å²) in [4.78, 5) is 4.09. The first kappa shape index (κ1) is 12.6. The number of rotatable bonds is 4. The quantitative estimate of drug-likeness (QED) is 0.835. The monoisotopic (exact) mass is 265 g/mol. The molecular weight excluding hydrogens is 253 g/mol. The van der Waals surface area contributed by atoms with Crippen LogP contribution in [0.3, 0.4) is 0 Å². The van der Waals surface area contributed by atoms with Crippen LogP contribution in [0.2, 0.25) is 5.15 Å². The zero-order valence-corrected chi connectivity index (χ0v) is 10.4. The van der Waals surface area contributed by atoms with Gasteiger partial charge >= 0.3 is 0 Å². The summed E-state index contributed by atoms with van der Waals surface area (Å²) in [5, 5.41) is 3.48. The maximum atomic E-state index is 12.7. The standard InChI is InChI=1S/C13H13ClFN3/c14-12-7-11(16)8-13(18-12)17-6-5-9-1-3-10(15)4-2-9/h1-4,7-8H,5-6H2,(H3,16,17,18). The third-order valence-corrected chi connectivity index (χ3v) is 2.64. The number of benzene rings is 1. The molecule has 3 N–H and O–H groups in total. The second kappa shape index (κ2) is 5.69. The van der Waals surface area contributed by atoms with Crippen molar-refractivity contribution < 1.29 is 4.39 Å². The zero-order valence-electron chi connectivity index (χ0n) is 9.66. The highest BCUT2D eigenvalue weighted by atomic mass is 35.5. The first-order valence-corrected chi connectivity index (χ1v) is 5.92. The summed E-state index contributed by atoms with van der Waals surface area (Å²) in [6, 6.07) is 9.73. The second-order valence-corrected chi connectivity index (χ2v) is 4.30. The lowest BCUT2D eigenvalue weighted by Crippen LogP contribution is -2.06. The number of pyridine rings is 1. The van der Waals surface area contributed by atoms with Crippen LogP contribution >= 0.6 is 11.6 Å². The Hall–Kier alpha value is -1.81. The maximum absolute atomic E-state index is 12.7. The van der Waals surface area contributed by atoms with Gasteiger partial charge in [0, 0.05) is 18.3 Å². The molecule has 0 saturated carbocycles. The van der Waals surface area contributed by atoms with Crippen LogP contribution < -0.4 is 11.1 Å². The van der Waals surface area contributed by atoms with Gasteiger partial charge in [0.2, 0.25) is 0 Å². The Balaban J connectivity index is 1.90. The molecular formula is C13H13ClFN3. The van der Waals surface area contributed by atoms with Gasteiger partial charge in [0.05, 0.1) is 0 Å². The van der Waals surface area contributed by atoms with Gasteiger partial charge in [0.25, 0.3) is 0 Å². The first-order chi connectivity index (χ1) is 8.63. The Bertz CT molecular complexity index is 508. The van der Waals surface area contributed by atoms with Gasteiger partial charge in [-0.3, -0.25) is 0 Å². The fourth-order valence-electron chi connectivity index (χ4n) is 1.59. The smallest absolute Gasteiger partial charge is 0.133 e. The van der Waals surface area contributed by atoms with Gasteiger partial charge < -0.3 is 11.1 Å². The molecule has 0 radical (unpaired) electrons. The normalized spacial score (nSPS) is 10.3. The summed E-state index contributed by atoms with van der Waals surface area (Å²) in [7, 11) is 0. The number of anilines is 2. The summed E-state index contributed by atoms with van der Waals surface area (Å²) < 4.78 is 12.7. The summed E-state index contributed by atoms with van der Waals surface area (Å²) in [6.45, 7) is 0.679. The van der Waals surface area contributed by atoms with E-state index in [9.17, 15) is 4.39 Å². The van der Waals surface area contributed by atoms with Crippen molar-refractivity contribution >= 4 is 23.1 Å². The van der Waals surface area contributed by atoms with Crippen LogP contribution in [-0.4, -0.2) is 11.5 Å². The minimum Gasteiger partial charge on any atom is -0.399 e. The fraction of sp³-hybridized carbons (Fsp3) is 0.154. The minimum absolute atomic E-state index is 0.226. The SMILES string of the molecule is Nc1cc(Cl)nc(NCCc2ccc(F)cc2)c1. The number of nitrogen functional groups attached to an aromatic ring is 1. The van der Waals surface area contributed by atoms with E-state index in [1.807, 2.05) is 0 Å². The van der Waals surface area contributed by atoms with Gasteiger partial charge in [-0.05, 0) is 30.2 Å². The van der Waals surface area contributed by atoms with Crippen molar-refractivity contribution in [2.24, 2.45) is 0 Å². The van der Waals surface area contributed by atoms with E-state index in [1.165, 1.54) is 12.1 Å². The summed E-state index contributed by atoms with van der Waals surface area (Å²) in [5.41, 5.74) is 7.28. The Kier molecular flexibility index (Phi) is 3.99. The molecule has 0 aliphatic heterocycles. The highest BCUT2D eigenvalue weighted by Crippen LogP contribution is 2.15. The van der Waals surface area contributed by atoms with Crippen molar-refractivity contribution in [3.05, 3.63) is 52.9 Å². The van der Waals surface area contributed by atoms with Crippen molar-refractivity contribution in [1.82, 2.24) is 4.98 Å². The van der Waals surface area contributed by atoms with Gasteiger partial charge in [-0.2, -0.15) is 0 Å². The number of hydrogen-bond acceptors (Lipinski definition) is 3. The maximum Gasteiger partial charge on any atom is 0.133 e. The third-order valence-electron chi connectivity index (χ3n) is 2.45. The molecule has 94 valence electrons. The lowest BCUT2D eigenvalue weighted by molar-refractivity contribution is 0.627. The van der Waals surface area contributed by atoms with Crippen molar-refractivity contribution in [2.75, 3.05) is 17.6 Å². The molecule has 1 aromatic carbocycles. The largest absolute Gasteiger partial charge is 0.399 e. The third kappa shape index (κ3) is 3.60. The van der Waals surface area contributed by atoms with Crippen molar-refractivity contribution in [3.8, 4) is 0 Å². The lowest BCUT2D eigenvalue weighted by atomic mass is 10.1. The predicted molar refractivity (Wildman–Crippen MR) is 72.3 cm³/mol. The van der Waals surface area contributed by atoms with Gasteiger partial charge in [-0.15, -0.1) is 0 Å². The average molecular weight is 266 g/mol. The highest BCUT2D eigenvalue weighted by molar-refractivity contribution is 6.29. The van der Waals surface area contributed by atoms with E-state index >= 15 is 0 Å². The molecule has 5 heteroatoms. The van der Waals surface area contributed by atoms with E-state index in [4.69, 9.17) is 17.3 Å². The van der Waals surface area contributed by atoms with Crippen LogP contribution in [0.25, 0.3) is 0 Å². The number of hydrogen-bond donors (Lipinski definition) is 2. The summed E-state index contributed by atoms with van der Waals surface area (Å²) >= 11 is 5.79. The van der Waals surface area contributed by atoms with Crippen molar-refractivity contribution in [3.63, 3.8) is 0 Å². The number of nitrogens with two attached hydrogens (primary N) is 1. The molecule has 0 atom stereocenters. The molecule has 0 spiro atoms. The lowest BCUT2D eigenvalue weighted by Gasteiger charge is -2.07. The summed E-state index contributed by atoms with van der Waals surface area (Å²) in [6.07, 6.45) is 0.772. The molecule has 18 heavy (non-hydrogen) atoms. The van der Waals surface area contributed by atoms with Crippen LogP contribution in [0.5, 0.6) is 0 Å². The fourth-order valence-corrected chi connectivity index (χ4v) is 1.81. The van der Waals surface area contributed by atoms with E-state index in [0.29, 0.717) is 23.2 Å². The molecule has 2 aromatic rings. The molecule has 0 aliphatic rings. The van der Waals surface area contributed by atoms with Gasteiger partial charge in [-0.25, -0.2) is 9.37 Å². The second-order valence-electron chi connectivity index (χ2n) is 3.91. The van der Waals surface area contributed by atoms with Crippen LogP contribution in [0.15, 0.2) is 36.4 Å². The van der Waals surface area contributed by atoms with Crippen LogP contribution in [-0.2, 0) is 6.42 Å². The van der Waals surface area contributed by atoms with Gasteiger partial charge in [0.15, 0.2) is 0 Å². The Morgan fingerprint density at radius 3 is 2.61 bits per heavy atom. The predicted octanol–water partition coefficient (Wildman–Crippen LogP) is 3.11. The summed E-state index contributed by atoms with van der Waals surface area (Å²) in [5.74, 6) is 0.415. The van der Waals surface area contributed by atoms with E-state index in [0.717, 1.165) is 12.0 Å². The molecule has 0 unspecified atom stereocenters. The Morgan fingerprint density at radius 1 is 1.22 bits per heavy atom. The van der Waals surface area contributed by atoms with Crippen molar-refractivity contribution in [1.29, 1.82) is 0 Å². The van der Waals surface area contributed by atoms with E-state index < -0.39 is 0 Å². The number of nitrogens with one attached hydrogen (secondary N) is 1. The van der Waals surface area contributed by atoms with E-state index in [-0.39, 0.29) is 5.82 Å². The van der Waals surface area contributed by atoms with Crippen LogP contribution in [0.4, 0.5) is 15.9 Å². The number of nitrogens with zero attached hydrogens (tertiary/aromatic N) is 1. The molecule has 0 aliphatic carbocycles. The van der Waals surface area contributed by atoms with Crippen molar-refractivity contribution in [2.45, 2.75) is 6.42 Å². The first-order valence-electron chi connectivity index (χ1n) is 5.55. The topological polar surface area (TPSA) is 50.9 Å². The molecule has 2 rings (SSSR count).